The van der Waals surface area contributed by atoms with Gasteiger partial charge in [0.25, 0.3) is 0 Å². The number of hydrogen-bond acceptors (Lipinski definition) is 4. The van der Waals surface area contributed by atoms with Crippen LogP contribution in [0.2, 0.25) is 0 Å². The Morgan fingerprint density at radius 3 is 1.96 bits per heavy atom. The van der Waals surface area contributed by atoms with Crippen LogP contribution >= 0.6 is 12.2 Å². The van der Waals surface area contributed by atoms with Gasteiger partial charge in [-0.25, -0.2) is 4.98 Å². The van der Waals surface area contributed by atoms with Gasteiger partial charge >= 0.3 is 0 Å². The summed E-state index contributed by atoms with van der Waals surface area (Å²) in [5, 5.41) is 9.74. The Bertz CT molecular complexity index is 833. The minimum Gasteiger partial charge on any atom is -0.382 e. The Kier molecular flexibility index (Phi) is 10.9. The maximum Gasteiger partial charge on any atom is 0.213 e. The summed E-state index contributed by atoms with van der Waals surface area (Å²) in [4.78, 5) is 5.52. The van der Waals surface area contributed by atoms with Crippen LogP contribution in [0.15, 0.2) is 48.5 Å². The Balaban J connectivity index is 0.000000717. The van der Waals surface area contributed by atoms with Crippen molar-refractivity contribution in [3.05, 3.63) is 48.5 Å². The fourth-order valence-corrected chi connectivity index (χ4v) is 2.83. The second kappa shape index (κ2) is 12.6. The van der Waals surface area contributed by atoms with Crippen molar-refractivity contribution in [2.45, 2.75) is 0 Å². The number of aromatic amines is 1. The van der Waals surface area contributed by atoms with Gasteiger partial charge < -0.3 is 27.0 Å². The number of H-pyrrole nitrogens is 1. The molecule has 0 unspecified atom stereocenters. The monoisotopic (exact) mass is 580 g/mol. The van der Waals surface area contributed by atoms with E-state index in [1.54, 1.807) is 0 Å². The van der Waals surface area contributed by atoms with Crippen molar-refractivity contribution >= 4 is 44.8 Å². The summed E-state index contributed by atoms with van der Waals surface area (Å²) in [6.07, 6.45) is 0. The molecule has 1 aromatic heterocycles. The summed E-state index contributed by atoms with van der Waals surface area (Å²) in [5.74, 6) is 0. The van der Waals surface area contributed by atoms with Crippen molar-refractivity contribution in [2.24, 2.45) is 11.5 Å². The van der Waals surface area contributed by atoms with Gasteiger partial charge in [0, 0.05) is 73.5 Å². The van der Waals surface area contributed by atoms with E-state index in [0.29, 0.717) is 13.1 Å². The number of rotatable bonds is 5. The molecule has 0 atom stereocenters. The average Bonchev–Trinajstić information content (AvgIpc) is 2.72. The molecule has 6 nitrogen and oxygen atoms in total. The first-order chi connectivity index (χ1) is 13.1. The minimum absolute atomic E-state index is 0. The maximum atomic E-state index is 5.24. The van der Waals surface area contributed by atoms with Gasteiger partial charge in [-0.1, -0.05) is 24.3 Å². The van der Waals surface area contributed by atoms with Gasteiger partial charge in [-0.3, -0.25) is 0 Å². The van der Waals surface area contributed by atoms with E-state index in [1.165, 1.54) is 16.5 Å². The maximum absolute atomic E-state index is 5.24. The predicted molar refractivity (Wildman–Crippen MR) is 119 cm³/mol. The van der Waals surface area contributed by atoms with E-state index in [1.807, 2.05) is 19.0 Å². The number of hydrogen-bond donors (Lipinski definition) is 4. The fourth-order valence-electron chi connectivity index (χ4n) is 2.74. The number of thiocarbonyl (C=S) groups is 1. The molecule has 0 aliphatic rings. The van der Waals surface area contributed by atoms with Crippen LogP contribution in [-0.4, -0.2) is 50.3 Å². The Labute approximate surface area is 186 Å². The molecule has 154 valence electrons. The molecule has 1 heterocycles. The van der Waals surface area contributed by atoms with Gasteiger partial charge in [0.2, 0.25) is 11.0 Å². The van der Waals surface area contributed by atoms with Gasteiger partial charge in [-0.2, -0.15) is 0 Å². The molecule has 0 fully saturated rings. The van der Waals surface area contributed by atoms with Gasteiger partial charge in [-0.15, -0.1) is 0 Å². The number of nitrogens with one attached hydrogen (secondary N) is 3. The van der Waals surface area contributed by atoms with Crippen LogP contribution in [0.1, 0.15) is 0 Å². The molecule has 0 amide bonds. The second-order valence-corrected chi connectivity index (χ2v) is 6.46. The van der Waals surface area contributed by atoms with Crippen molar-refractivity contribution in [3.8, 4) is 0 Å². The van der Waals surface area contributed by atoms with E-state index in [2.05, 4.69) is 64.1 Å². The van der Waals surface area contributed by atoms with Crippen LogP contribution in [0.5, 0.6) is 0 Å². The van der Waals surface area contributed by atoms with E-state index < -0.39 is 0 Å². The third kappa shape index (κ3) is 6.38. The molecule has 0 radical (unpaired) electrons. The van der Waals surface area contributed by atoms with Crippen molar-refractivity contribution in [2.75, 3.05) is 45.6 Å². The third-order valence-electron chi connectivity index (χ3n) is 4.14. The first-order valence-electron chi connectivity index (χ1n) is 9.02. The Hall–Kier alpha value is -1.79. The van der Waals surface area contributed by atoms with Gasteiger partial charge in [0.1, 0.15) is 0 Å². The molecule has 0 saturated heterocycles. The van der Waals surface area contributed by atoms with Crippen molar-refractivity contribution < 1.29 is 26.0 Å². The first-order valence-corrected chi connectivity index (χ1v) is 9.42. The third-order valence-corrected chi connectivity index (χ3v) is 4.65. The summed E-state index contributed by atoms with van der Waals surface area (Å²) in [6.45, 7) is 2.84. The molecule has 3 rings (SSSR count). The molecule has 8 heteroatoms. The Morgan fingerprint density at radius 1 is 1.00 bits per heavy atom. The largest absolute Gasteiger partial charge is 0.382 e. The van der Waals surface area contributed by atoms with Crippen LogP contribution in [0.25, 0.3) is 21.8 Å². The topological polar surface area (TPSA) is 93.5 Å². The van der Waals surface area contributed by atoms with Gasteiger partial charge in [-0.05, 0) is 24.4 Å². The summed E-state index contributed by atoms with van der Waals surface area (Å²) in [7, 11) is 3.84. The zero-order valence-electron chi connectivity index (χ0n) is 16.3. The number of likely N-dealkylation sites (N-methyl/N-ethyl adjacent to an activating group) is 1. The zero-order chi connectivity index (χ0) is 19.6. The predicted octanol–water partition coefficient (Wildman–Crippen LogP) is 1.56. The minimum atomic E-state index is 0. The number of nitrogens with zero attached hydrogens (tertiary/aromatic N) is 1. The van der Waals surface area contributed by atoms with Crippen LogP contribution in [0.3, 0.4) is 0 Å². The summed E-state index contributed by atoms with van der Waals surface area (Å²) in [6, 6.07) is 16.7. The normalized spacial score (nSPS) is 9.86. The fraction of sp³-hybridized carbons (Fsp3) is 0.300. The van der Waals surface area contributed by atoms with Crippen LogP contribution in [-0.2, 0) is 21.1 Å². The molecule has 0 bridgehead atoms. The molecule has 0 aliphatic heterocycles. The van der Waals surface area contributed by atoms with Crippen molar-refractivity contribution in [3.63, 3.8) is 0 Å². The van der Waals surface area contributed by atoms with E-state index in [9.17, 15) is 0 Å². The Morgan fingerprint density at radius 2 is 1.50 bits per heavy atom. The average molecular weight is 581 g/mol. The molecule has 3 aromatic rings. The molecular weight excluding hydrogens is 551 g/mol. The van der Waals surface area contributed by atoms with Crippen molar-refractivity contribution in [1.29, 1.82) is 0 Å². The van der Waals surface area contributed by atoms with E-state index in [-0.39, 0.29) is 21.1 Å². The van der Waals surface area contributed by atoms with Crippen LogP contribution < -0.4 is 27.1 Å². The number of nitrogens with two attached hydrogens (primary N) is 2. The van der Waals surface area contributed by atoms with Crippen molar-refractivity contribution in [1.82, 2.24) is 10.2 Å². The van der Waals surface area contributed by atoms with Gasteiger partial charge in [0.05, 0.1) is 16.5 Å². The van der Waals surface area contributed by atoms with E-state index in [4.69, 9.17) is 23.7 Å². The summed E-state index contributed by atoms with van der Waals surface area (Å²) in [5.41, 5.74) is 13.2. The molecule has 28 heavy (non-hydrogen) atoms. The summed E-state index contributed by atoms with van der Waals surface area (Å²) >= 11 is 5.24. The number of pyridine rings is 1. The summed E-state index contributed by atoms with van der Waals surface area (Å²) < 4.78 is 0. The number of aromatic nitrogens is 1. The van der Waals surface area contributed by atoms with Crippen LogP contribution in [0.4, 0.5) is 5.69 Å². The van der Waals surface area contributed by atoms with E-state index >= 15 is 0 Å². The van der Waals surface area contributed by atoms with Gasteiger partial charge in [0.15, 0.2) is 5.11 Å². The standard InChI is InChI=1S/C18H20N4S.C2H8N2.Pt/c1-19-18(23)22(2)12-11-20-17-13-7-3-5-9-15(13)21-16-10-6-4-8-14(16)17;3-1-2-4;/h3-10H,11-12H2,1-2H3,(H,19,23)(H,20,21);1-4H2;/p+1. The molecular formula is C20H29N6PtS+. The molecule has 7 N–H and O–H groups in total. The zero-order valence-corrected chi connectivity index (χ0v) is 19.4. The number of benzene rings is 2. The molecule has 0 spiro atoms. The van der Waals surface area contributed by atoms with E-state index in [0.717, 1.165) is 29.2 Å². The molecule has 0 aliphatic carbocycles. The molecule has 2 aromatic carbocycles. The molecule has 0 saturated carbocycles. The number of fused-ring (bicyclic) bond motifs is 2. The number of para-hydroxylation sites is 2. The van der Waals surface area contributed by atoms with Crippen LogP contribution in [0, 0.1) is 0 Å². The first kappa shape index (κ1) is 24.2. The smallest absolute Gasteiger partial charge is 0.213 e. The number of anilines is 1. The SMILES string of the molecule is CNC(=S)N(C)CCNc1c2ccccc2[nH+]c2ccccc12.NCCN.[Pt]. The quantitative estimate of drug-likeness (QED) is 0.271. The second-order valence-electron chi connectivity index (χ2n) is 6.07.